The minimum Gasteiger partial charge on any atom is -0.383 e. The Morgan fingerprint density at radius 1 is 1.25 bits per heavy atom. The van der Waals surface area contributed by atoms with E-state index in [2.05, 4.69) is 10.6 Å². The third kappa shape index (κ3) is 4.27. The topological polar surface area (TPSA) is 122 Å². The highest BCUT2D eigenvalue weighted by molar-refractivity contribution is 7.89. The zero-order valence-corrected chi connectivity index (χ0v) is 16.9. The smallest absolute Gasteiger partial charge is 0.293 e. The highest BCUT2D eigenvalue weighted by Crippen LogP contribution is 2.33. The fraction of sp³-hybridized carbons (Fsp3) is 0.611. The summed E-state index contributed by atoms with van der Waals surface area (Å²) < 4.78 is 27.1. The van der Waals surface area contributed by atoms with Crippen LogP contribution in [0.1, 0.15) is 32.6 Å². The maximum absolute atomic E-state index is 12.9. The lowest BCUT2D eigenvalue weighted by atomic mass is 9.96. The molecule has 1 saturated heterocycles. The van der Waals surface area contributed by atoms with Crippen molar-refractivity contribution in [1.82, 2.24) is 9.62 Å². The van der Waals surface area contributed by atoms with E-state index in [4.69, 9.17) is 0 Å². The van der Waals surface area contributed by atoms with Gasteiger partial charge >= 0.3 is 0 Å². The molecular weight excluding hydrogens is 384 g/mol. The lowest BCUT2D eigenvalue weighted by Gasteiger charge is -2.31. The molecule has 1 atom stereocenters. The van der Waals surface area contributed by atoms with Gasteiger partial charge in [0.25, 0.3) is 5.69 Å². The van der Waals surface area contributed by atoms with E-state index < -0.39 is 14.9 Å². The summed E-state index contributed by atoms with van der Waals surface area (Å²) in [4.78, 5) is 22.9. The third-order valence-corrected chi connectivity index (χ3v) is 7.49. The van der Waals surface area contributed by atoms with Crippen LogP contribution in [0.4, 0.5) is 11.4 Å². The van der Waals surface area contributed by atoms with Gasteiger partial charge < -0.3 is 10.6 Å². The van der Waals surface area contributed by atoms with E-state index in [0.717, 1.165) is 18.9 Å². The minimum absolute atomic E-state index is 0.00883. The van der Waals surface area contributed by atoms with Crippen LogP contribution in [0.5, 0.6) is 0 Å². The lowest BCUT2D eigenvalue weighted by molar-refractivity contribution is -0.384. The summed E-state index contributed by atoms with van der Waals surface area (Å²) >= 11 is 0. The van der Waals surface area contributed by atoms with Crippen molar-refractivity contribution in [3.8, 4) is 0 Å². The second kappa shape index (κ2) is 8.04. The summed E-state index contributed by atoms with van der Waals surface area (Å²) in [6.45, 7) is 2.45. The summed E-state index contributed by atoms with van der Waals surface area (Å²) in [5, 5.41) is 16.9. The van der Waals surface area contributed by atoms with Crippen LogP contribution in [0, 0.1) is 22.0 Å². The van der Waals surface area contributed by atoms with Gasteiger partial charge in [0, 0.05) is 38.2 Å². The number of anilines is 1. The molecular formula is C18H26N4O5S. The number of nitrogens with one attached hydrogen (secondary N) is 2. The number of hydrogen-bond acceptors (Lipinski definition) is 6. The number of carbonyl (C=O) groups is 1. The number of amides is 1. The Labute approximate surface area is 164 Å². The van der Waals surface area contributed by atoms with Crippen LogP contribution in [0.3, 0.4) is 0 Å². The number of rotatable bonds is 7. The van der Waals surface area contributed by atoms with Crippen LogP contribution < -0.4 is 10.6 Å². The number of sulfonamides is 1. The molecule has 0 aromatic heterocycles. The molecule has 2 aliphatic rings. The van der Waals surface area contributed by atoms with Crippen molar-refractivity contribution in [1.29, 1.82) is 0 Å². The van der Waals surface area contributed by atoms with Gasteiger partial charge in [-0.2, -0.15) is 4.31 Å². The van der Waals surface area contributed by atoms with Gasteiger partial charge in [-0.3, -0.25) is 14.9 Å². The molecule has 154 valence electrons. The van der Waals surface area contributed by atoms with Crippen LogP contribution >= 0.6 is 0 Å². The molecule has 9 nitrogen and oxygen atoms in total. The Morgan fingerprint density at radius 3 is 2.43 bits per heavy atom. The zero-order chi connectivity index (χ0) is 20.5. The second-order valence-electron chi connectivity index (χ2n) is 7.50. The first-order chi connectivity index (χ1) is 13.2. The predicted molar refractivity (Wildman–Crippen MR) is 104 cm³/mol. The molecule has 0 bridgehead atoms. The molecule has 1 aliphatic heterocycles. The Kier molecular flexibility index (Phi) is 5.90. The zero-order valence-electron chi connectivity index (χ0n) is 16.1. The molecule has 2 N–H and O–H groups in total. The van der Waals surface area contributed by atoms with E-state index in [0.29, 0.717) is 18.8 Å². The monoisotopic (exact) mass is 410 g/mol. The lowest BCUT2D eigenvalue weighted by Crippen LogP contribution is -2.45. The molecule has 1 aromatic carbocycles. The molecule has 0 unspecified atom stereocenters. The van der Waals surface area contributed by atoms with Gasteiger partial charge in [0.2, 0.25) is 15.9 Å². The summed E-state index contributed by atoms with van der Waals surface area (Å²) in [6.07, 6.45) is 3.19. The van der Waals surface area contributed by atoms with Crippen molar-refractivity contribution in [3.05, 3.63) is 28.3 Å². The minimum atomic E-state index is -3.85. The molecule has 28 heavy (non-hydrogen) atoms. The predicted octanol–water partition coefficient (Wildman–Crippen LogP) is 1.95. The molecule has 0 radical (unpaired) electrons. The number of piperidine rings is 1. The van der Waals surface area contributed by atoms with Crippen molar-refractivity contribution in [3.63, 3.8) is 0 Å². The molecule has 1 amide bonds. The summed E-state index contributed by atoms with van der Waals surface area (Å²) in [5.41, 5.74) is -0.0315. The van der Waals surface area contributed by atoms with Crippen LogP contribution in [0.25, 0.3) is 0 Å². The SMILES string of the molecule is CNc1ccc(S(=O)(=O)N2CCC(C(=O)N[C@H](C)C3CC3)CC2)cc1[N+](=O)[O-]. The summed E-state index contributed by atoms with van der Waals surface area (Å²) in [7, 11) is -2.31. The average Bonchev–Trinajstić information content (AvgIpc) is 3.52. The van der Waals surface area contributed by atoms with Gasteiger partial charge in [0.1, 0.15) is 5.69 Å². The Balaban J connectivity index is 1.66. The van der Waals surface area contributed by atoms with Gasteiger partial charge in [-0.05, 0) is 50.7 Å². The van der Waals surface area contributed by atoms with Crippen LogP contribution in [-0.4, -0.2) is 49.7 Å². The third-order valence-electron chi connectivity index (χ3n) is 5.60. The van der Waals surface area contributed by atoms with Crippen LogP contribution in [-0.2, 0) is 14.8 Å². The number of benzene rings is 1. The first-order valence-corrected chi connectivity index (χ1v) is 10.9. The van der Waals surface area contributed by atoms with E-state index >= 15 is 0 Å². The van der Waals surface area contributed by atoms with E-state index in [1.54, 1.807) is 0 Å². The van der Waals surface area contributed by atoms with E-state index in [1.807, 2.05) is 6.92 Å². The Morgan fingerprint density at radius 2 is 1.89 bits per heavy atom. The van der Waals surface area contributed by atoms with Crippen molar-refractivity contribution in [2.75, 3.05) is 25.5 Å². The molecule has 10 heteroatoms. The number of nitro groups is 1. The number of nitro benzene ring substituents is 1. The fourth-order valence-corrected chi connectivity index (χ4v) is 5.09. The molecule has 1 saturated carbocycles. The molecule has 1 heterocycles. The number of carbonyl (C=O) groups excluding carboxylic acids is 1. The van der Waals surface area contributed by atoms with E-state index in [-0.39, 0.29) is 47.2 Å². The fourth-order valence-electron chi connectivity index (χ4n) is 3.60. The summed E-state index contributed by atoms with van der Waals surface area (Å²) in [5.74, 6) is 0.361. The quantitative estimate of drug-likeness (QED) is 0.523. The van der Waals surface area contributed by atoms with Gasteiger partial charge in [0.15, 0.2) is 0 Å². The van der Waals surface area contributed by atoms with Gasteiger partial charge in [-0.15, -0.1) is 0 Å². The molecule has 0 spiro atoms. The number of hydrogen-bond donors (Lipinski definition) is 2. The van der Waals surface area contributed by atoms with Gasteiger partial charge in [0.05, 0.1) is 9.82 Å². The maximum Gasteiger partial charge on any atom is 0.293 e. The first-order valence-electron chi connectivity index (χ1n) is 9.50. The molecule has 1 aromatic rings. The molecule has 3 rings (SSSR count). The Hall–Kier alpha value is -2.20. The normalized spacial score (nSPS) is 19.8. The maximum atomic E-state index is 12.9. The van der Waals surface area contributed by atoms with E-state index in [9.17, 15) is 23.3 Å². The highest BCUT2D eigenvalue weighted by atomic mass is 32.2. The van der Waals surface area contributed by atoms with Crippen molar-refractivity contribution in [2.45, 2.75) is 43.5 Å². The molecule has 2 fully saturated rings. The molecule has 1 aliphatic carbocycles. The average molecular weight is 410 g/mol. The van der Waals surface area contributed by atoms with Crippen molar-refractivity contribution in [2.24, 2.45) is 11.8 Å². The summed E-state index contributed by atoms with van der Waals surface area (Å²) in [6, 6.07) is 4.01. The number of nitrogens with zero attached hydrogens (tertiary/aromatic N) is 2. The van der Waals surface area contributed by atoms with Gasteiger partial charge in [-0.25, -0.2) is 8.42 Å². The standard InChI is InChI=1S/C18H26N4O5S/c1-12(13-3-4-13)20-18(23)14-7-9-21(10-8-14)28(26,27)15-5-6-16(19-2)17(11-15)22(24)25/h5-6,11-14,19H,3-4,7-10H2,1-2H3,(H,20,23)/t12-/m1/s1. The van der Waals surface area contributed by atoms with E-state index in [1.165, 1.54) is 23.5 Å². The van der Waals surface area contributed by atoms with Crippen molar-refractivity contribution < 1.29 is 18.1 Å². The second-order valence-corrected chi connectivity index (χ2v) is 9.44. The van der Waals surface area contributed by atoms with Crippen LogP contribution in [0.2, 0.25) is 0 Å². The first kappa shape index (κ1) is 20.5. The Bertz CT molecular complexity index is 861. The largest absolute Gasteiger partial charge is 0.383 e. The van der Waals surface area contributed by atoms with Crippen molar-refractivity contribution >= 4 is 27.3 Å². The van der Waals surface area contributed by atoms with Crippen LogP contribution in [0.15, 0.2) is 23.1 Å². The van der Waals surface area contributed by atoms with Gasteiger partial charge in [-0.1, -0.05) is 0 Å². The highest BCUT2D eigenvalue weighted by Gasteiger charge is 2.35.